The minimum Gasteiger partial charge on any atom is -0.382 e. The molecule has 2 rings (SSSR count). The van der Waals surface area contributed by atoms with E-state index in [9.17, 15) is 0 Å². The molecular weight excluding hydrogens is 138 g/mol. The van der Waals surface area contributed by atoms with E-state index in [1.165, 1.54) is 6.42 Å². The van der Waals surface area contributed by atoms with Gasteiger partial charge in [-0.3, -0.25) is 0 Å². The summed E-state index contributed by atoms with van der Waals surface area (Å²) in [7, 11) is 0. The highest BCUT2D eigenvalue weighted by atomic mass is 15.1. The van der Waals surface area contributed by atoms with Crippen LogP contribution in [0.25, 0.3) is 0 Å². The van der Waals surface area contributed by atoms with Gasteiger partial charge in [0.2, 0.25) is 0 Å². The number of nitrogen functional groups attached to an aromatic ring is 1. The maximum atomic E-state index is 5.57. The summed E-state index contributed by atoms with van der Waals surface area (Å²) in [5, 5.41) is 0. The van der Waals surface area contributed by atoms with Crippen LogP contribution >= 0.6 is 0 Å². The predicted molar refractivity (Wildman–Crippen MR) is 44.1 cm³/mol. The maximum Gasteiger partial charge on any atom is 0.141 e. The van der Waals surface area contributed by atoms with E-state index in [1.54, 1.807) is 0 Å². The maximum absolute atomic E-state index is 5.57. The molecular formula is C8H13N3. The third-order valence-corrected chi connectivity index (χ3v) is 2.25. The number of aromatic nitrogens is 2. The fourth-order valence-corrected chi connectivity index (χ4v) is 1.64. The quantitative estimate of drug-likeness (QED) is 0.602. The molecule has 2 heterocycles. The molecule has 1 aliphatic heterocycles. The summed E-state index contributed by atoms with van der Waals surface area (Å²) in [6, 6.07) is 0. The summed E-state index contributed by atoms with van der Waals surface area (Å²) in [4.78, 5) is 4.23. The molecule has 0 saturated carbocycles. The van der Waals surface area contributed by atoms with E-state index in [2.05, 4.69) is 16.5 Å². The lowest BCUT2D eigenvalue weighted by atomic mass is 10.0. The second-order valence-corrected chi connectivity index (χ2v) is 3.38. The Morgan fingerprint density at radius 1 is 1.73 bits per heavy atom. The summed E-state index contributed by atoms with van der Waals surface area (Å²) < 4.78 is 2.17. The number of fused-ring (bicyclic) bond motifs is 1. The van der Waals surface area contributed by atoms with Crippen LogP contribution in [-0.2, 0) is 13.0 Å². The number of aryl methyl sites for hydroxylation is 1. The fourth-order valence-electron chi connectivity index (χ4n) is 1.64. The van der Waals surface area contributed by atoms with E-state index in [-0.39, 0.29) is 0 Å². The lowest BCUT2D eigenvalue weighted by Crippen LogP contribution is -2.17. The number of rotatable bonds is 0. The van der Waals surface area contributed by atoms with E-state index in [4.69, 9.17) is 5.73 Å². The van der Waals surface area contributed by atoms with Gasteiger partial charge in [0.15, 0.2) is 0 Å². The van der Waals surface area contributed by atoms with Gasteiger partial charge in [-0.15, -0.1) is 0 Å². The number of nitrogens with zero attached hydrogens (tertiary/aromatic N) is 2. The molecule has 0 amide bonds. The first kappa shape index (κ1) is 6.70. The molecule has 1 atom stereocenters. The number of nitrogens with two attached hydrogens (primary N) is 1. The molecule has 0 unspecified atom stereocenters. The molecule has 0 fully saturated rings. The zero-order chi connectivity index (χ0) is 7.84. The molecule has 3 nitrogen and oxygen atoms in total. The summed E-state index contributed by atoms with van der Waals surface area (Å²) in [5.74, 6) is 2.59. The van der Waals surface area contributed by atoms with Gasteiger partial charge >= 0.3 is 0 Å². The molecule has 2 N–H and O–H groups in total. The Morgan fingerprint density at radius 3 is 3.36 bits per heavy atom. The van der Waals surface area contributed by atoms with Crippen LogP contribution in [0, 0.1) is 5.92 Å². The van der Waals surface area contributed by atoms with Gasteiger partial charge < -0.3 is 10.3 Å². The zero-order valence-corrected chi connectivity index (χ0v) is 6.75. The summed E-state index contributed by atoms with van der Waals surface area (Å²) in [6.45, 7) is 3.35. The SMILES string of the molecule is C[C@@H]1CCc2nc(N)cn2C1. The van der Waals surface area contributed by atoms with Crippen LogP contribution in [0.3, 0.4) is 0 Å². The van der Waals surface area contributed by atoms with E-state index in [1.807, 2.05) is 6.20 Å². The fraction of sp³-hybridized carbons (Fsp3) is 0.625. The molecule has 0 aromatic carbocycles. The van der Waals surface area contributed by atoms with Crippen molar-refractivity contribution in [3.8, 4) is 0 Å². The van der Waals surface area contributed by atoms with Crippen molar-refractivity contribution in [3.05, 3.63) is 12.0 Å². The third-order valence-electron chi connectivity index (χ3n) is 2.25. The molecule has 60 valence electrons. The number of hydrogen-bond donors (Lipinski definition) is 1. The minimum atomic E-state index is 0.661. The Balaban J connectivity index is 2.34. The Morgan fingerprint density at radius 2 is 2.55 bits per heavy atom. The van der Waals surface area contributed by atoms with Crippen LogP contribution in [0.15, 0.2) is 6.20 Å². The molecule has 1 aromatic rings. The van der Waals surface area contributed by atoms with Gasteiger partial charge in [0.05, 0.1) is 0 Å². The second kappa shape index (κ2) is 2.26. The van der Waals surface area contributed by atoms with Crippen LogP contribution in [0.2, 0.25) is 0 Å². The van der Waals surface area contributed by atoms with Gasteiger partial charge in [0.1, 0.15) is 11.6 Å². The summed E-state index contributed by atoms with van der Waals surface area (Å²) in [5.41, 5.74) is 5.57. The molecule has 0 radical (unpaired) electrons. The van der Waals surface area contributed by atoms with Crippen molar-refractivity contribution >= 4 is 5.82 Å². The predicted octanol–water partition coefficient (Wildman–Crippen LogP) is 1.05. The molecule has 0 aliphatic carbocycles. The first-order valence-electron chi connectivity index (χ1n) is 4.07. The van der Waals surface area contributed by atoms with Gasteiger partial charge in [-0.2, -0.15) is 0 Å². The van der Waals surface area contributed by atoms with Crippen molar-refractivity contribution in [2.45, 2.75) is 26.3 Å². The zero-order valence-electron chi connectivity index (χ0n) is 6.75. The highest BCUT2D eigenvalue weighted by Crippen LogP contribution is 2.19. The highest BCUT2D eigenvalue weighted by Gasteiger charge is 2.15. The van der Waals surface area contributed by atoms with Crippen LogP contribution in [0.5, 0.6) is 0 Å². The topological polar surface area (TPSA) is 43.8 Å². The number of anilines is 1. The van der Waals surface area contributed by atoms with Crippen LogP contribution < -0.4 is 5.73 Å². The molecule has 1 aliphatic rings. The Bertz CT molecular complexity index is 264. The Labute approximate surface area is 66.2 Å². The lowest BCUT2D eigenvalue weighted by molar-refractivity contribution is 0.394. The van der Waals surface area contributed by atoms with Crippen molar-refractivity contribution in [2.75, 3.05) is 5.73 Å². The van der Waals surface area contributed by atoms with Crippen molar-refractivity contribution in [1.82, 2.24) is 9.55 Å². The average molecular weight is 151 g/mol. The average Bonchev–Trinajstić information content (AvgIpc) is 2.27. The standard InChI is InChI=1S/C8H13N3/c1-6-2-3-8-10-7(9)5-11(8)4-6/h5-6H,2-4,9H2,1H3/t6-/m1/s1. The monoisotopic (exact) mass is 151 g/mol. The first-order valence-corrected chi connectivity index (χ1v) is 4.07. The minimum absolute atomic E-state index is 0.661. The molecule has 11 heavy (non-hydrogen) atoms. The number of imidazole rings is 1. The molecule has 1 aromatic heterocycles. The van der Waals surface area contributed by atoms with Crippen LogP contribution in [-0.4, -0.2) is 9.55 Å². The van der Waals surface area contributed by atoms with Crippen LogP contribution in [0.1, 0.15) is 19.2 Å². The second-order valence-electron chi connectivity index (χ2n) is 3.38. The highest BCUT2D eigenvalue weighted by molar-refractivity contribution is 5.26. The van der Waals surface area contributed by atoms with Gasteiger partial charge in [0, 0.05) is 19.2 Å². The largest absolute Gasteiger partial charge is 0.382 e. The third kappa shape index (κ3) is 1.11. The van der Waals surface area contributed by atoms with E-state index in [0.717, 1.165) is 24.7 Å². The van der Waals surface area contributed by atoms with Crippen molar-refractivity contribution in [3.63, 3.8) is 0 Å². The summed E-state index contributed by atoms with van der Waals surface area (Å²) >= 11 is 0. The molecule has 0 saturated heterocycles. The normalized spacial score (nSPS) is 23.2. The Kier molecular flexibility index (Phi) is 1.37. The van der Waals surface area contributed by atoms with Crippen molar-refractivity contribution in [1.29, 1.82) is 0 Å². The summed E-state index contributed by atoms with van der Waals surface area (Å²) in [6.07, 6.45) is 4.26. The Hall–Kier alpha value is -0.990. The van der Waals surface area contributed by atoms with Gasteiger partial charge in [-0.25, -0.2) is 4.98 Å². The van der Waals surface area contributed by atoms with Gasteiger partial charge in [0.25, 0.3) is 0 Å². The first-order chi connectivity index (χ1) is 5.25. The smallest absolute Gasteiger partial charge is 0.141 e. The molecule has 3 heteroatoms. The van der Waals surface area contributed by atoms with E-state index >= 15 is 0 Å². The van der Waals surface area contributed by atoms with E-state index in [0.29, 0.717) is 5.82 Å². The van der Waals surface area contributed by atoms with Crippen molar-refractivity contribution in [2.24, 2.45) is 5.92 Å². The molecule has 0 spiro atoms. The van der Waals surface area contributed by atoms with Crippen LogP contribution in [0.4, 0.5) is 5.82 Å². The van der Waals surface area contributed by atoms with Gasteiger partial charge in [-0.05, 0) is 12.3 Å². The lowest BCUT2D eigenvalue weighted by Gasteiger charge is -2.19. The molecule has 0 bridgehead atoms. The number of hydrogen-bond acceptors (Lipinski definition) is 2. The van der Waals surface area contributed by atoms with E-state index < -0.39 is 0 Å². The van der Waals surface area contributed by atoms with Gasteiger partial charge in [-0.1, -0.05) is 6.92 Å². The van der Waals surface area contributed by atoms with Crippen molar-refractivity contribution < 1.29 is 0 Å².